The van der Waals surface area contributed by atoms with E-state index < -0.39 is 0 Å². The van der Waals surface area contributed by atoms with Crippen LogP contribution in [0.15, 0.2) is 12.4 Å². The zero-order valence-electron chi connectivity index (χ0n) is 13.3. The molecular weight excluding hydrogens is 262 g/mol. The lowest BCUT2D eigenvalue weighted by Gasteiger charge is -2.34. The van der Waals surface area contributed by atoms with Gasteiger partial charge in [-0.05, 0) is 18.8 Å². The van der Waals surface area contributed by atoms with Gasteiger partial charge in [0.05, 0.1) is 0 Å². The van der Waals surface area contributed by atoms with Crippen LogP contribution in [0.3, 0.4) is 0 Å². The van der Waals surface area contributed by atoms with Gasteiger partial charge in [0.1, 0.15) is 0 Å². The molecular formula is C16H27N5. The van der Waals surface area contributed by atoms with Gasteiger partial charge in [-0.25, -0.2) is 9.97 Å². The Balaban J connectivity index is 1.48. The zero-order chi connectivity index (χ0) is 14.7. The van der Waals surface area contributed by atoms with Gasteiger partial charge in [0.2, 0.25) is 5.95 Å². The van der Waals surface area contributed by atoms with E-state index in [1.165, 1.54) is 19.4 Å². The van der Waals surface area contributed by atoms with E-state index in [9.17, 15) is 0 Å². The lowest BCUT2D eigenvalue weighted by atomic mass is 10.3. The Bertz CT molecular complexity index is 432. The summed E-state index contributed by atoms with van der Waals surface area (Å²) in [5, 5.41) is 3.39. The van der Waals surface area contributed by atoms with Crippen molar-refractivity contribution in [1.29, 1.82) is 0 Å². The second-order valence-electron chi connectivity index (χ2n) is 6.66. The highest BCUT2D eigenvalue weighted by atomic mass is 15.3. The second kappa shape index (κ2) is 6.71. The standard InChI is InChI=1S/C16H27N5/c1-13(2)17-9-15-10-18-16(19-11-15)21-7-5-20(6-8-21)12-14-3-4-14/h10-11,13-14,17H,3-9,12H2,1-2H3. The predicted octanol–water partition coefficient (Wildman–Crippen LogP) is 1.51. The van der Waals surface area contributed by atoms with Crippen LogP contribution in [0.5, 0.6) is 0 Å². The summed E-state index contributed by atoms with van der Waals surface area (Å²) in [6.07, 6.45) is 6.78. The maximum Gasteiger partial charge on any atom is 0.225 e. The monoisotopic (exact) mass is 289 g/mol. The number of piperazine rings is 1. The third-order valence-corrected chi connectivity index (χ3v) is 4.27. The largest absolute Gasteiger partial charge is 0.338 e. The molecule has 5 heteroatoms. The Morgan fingerprint density at radius 1 is 1.14 bits per heavy atom. The van der Waals surface area contributed by atoms with E-state index in [4.69, 9.17) is 0 Å². The molecule has 0 radical (unpaired) electrons. The van der Waals surface area contributed by atoms with Crippen LogP contribution in [0.2, 0.25) is 0 Å². The molecule has 3 rings (SSSR count). The number of hydrogen-bond acceptors (Lipinski definition) is 5. The van der Waals surface area contributed by atoms with Crippen molar-refractivity contribution in [2.45, 2.75) is 39.3 Å². The molecule has 0 atom stereocenters. The van der Waals surface area contributed by atoms with Crippen LogP contribution in [-0.4, -0.2) is 53.6 Å². The second-order valence-corrected chi connectivity index (χ2v) is 6.66. The molecule has 0 bridgehead atoms. The smallest absolute Gasteiger partial charge is 0.225 e. The highest BCUT2D eigenvalue weighted by Crippen LogP contribution is 2.30. The molecule has 1 saturated carbocycles. The lowest BCUT2D eigenvalue weighted by molar-refractivity contribution is 0.247. The SMILES string of the molecule is CC(C)NCc1cnc(N2CCN(CC3CC3)CC2)nc1. The summed E-state index contributed by atoms with van der Waals surface area (Å²) < 4.78 is 0. The molecule has 1 aliphatic carbocycles. The van der Waals surface area contributed by atoms with E-state index in [0.717, 1.165) is 50.2 Å². The summed E-state index contributed by atoms with van der Waals surface area (Å²) in [5.41, 5.74) is 1.15. The number of anilines is 1. The van der Waals surface area contributed by atoms with Crippen molar-refractivity contribution in [3.05, 3.63) is 18.0 Å². The molecule has 0 unspecified atom stereocenters. The summed E-state index contributed by atoms with van der Waals surface area (Å²) in [6, 6.07) is 0.490. The van der Waals surface area contributed by atoms with Crippen LogP contribution in [-0.2, 0) is 6.54 Å². The number of hydrogen-bond donors (Lipinski definition) is 1. The molecule has 1 aliphatic heterocycles. The van der Waals surface area contributed by atoms with Gasteiger partial charge in [-0.15, -0.1) is 0 Å². The normalized spacial score (nSPS) is 20.2. The first-order valence-corrected chi connectivity index (χ1v) is 8.22. The Labute approximate surface area is 127 Å². The third-order valence-electron chi connectivity index (χ3n) is 4.27. The molecule has 1 saturated heterocycles. The van der Waals surface area contributed by atoms with Crippen LogP contribution in [0, 0.1) is 5.92 Å². The van der Waals surface area contributed by atoms with Crippen LogP contribution in [0.25, 0.3) is 0 Å². The average molecular weight is 289 g/mol. The van der Waals surface area contributed by atoms with Crippen LogP contribution < -0.4 is 10.2 Å². The van der Waals surface area contributed by atoms with Crippen molar-refractivity contribution >= 4 is 5.95 Å². The summed E-state index contributed by atoms with van der Waals surface area (Å²) >= 11 is 0. The van der Waals surface area contributed by atoms with Crippen molar-refractivity contribution in [3.63, 3.8) is 0 Å². The maximum absolute atomic E-state index is 4.53. The van der Waals surface area contributed by atoms with Gasteiger partial charge in [-0.2, -0.15) is 0 Å². The van der Waals surface area contributed by atoms with Gasteiger partial charge in [0, 0.05) is 63.3 Å². The van der Waals surface area contributed by atoms with Gasteiger partial charge in [0.15, 0.2) is 0 Å². The first-order chi connectivity index (χ1) is 10.2. The molecule has 0 spiro atoms. The van der Waals surface area contributed by atoms with Crippen molar-refractivity contribution in [3.8, 4) is 0 Å². The van der Waals surface area contributed by atoms with E-state index in [-0.39, 0.29) is 0 Å². The minimum atomic E-state index is 0.490. The minimum Gasteiger partial charge on any atom is -0.338 e. The molecule has 2 fully saturated rings. The van der Waals surface area contributed by atoms with Gasteiger partial charge >= 0.3 is 0 Å². The highest BCUT2D eigenvalue weighted by molar-refractivity contribution is 5.30. The van der Waals surface area contributed by atoms with Crippen molar-refractivity contribution in [1.82, 2.24) is 20.2 Å². The first kappa shape index (κ1) is 14.7. The van der Waals surface area contributed by atoms with Crippen molar-refractivity contribution < 1.29 is 0 Å². The molecule has 1 aromatic rings. The minimum absolute atomic E-state index is 0.490. The lowest BCUT2D eigenvalue weighted by Crippen LogP contribution is -2.47. The van der Waals surface area contributed by atoms with Gasteiger partial charge < -0.3 is 10.2 Å². The van der Waals surface area contributed by atoms with E-state index in [1.54, 1.807) is 0 Å². The first-order valence-electron chi connectivity index (χ1n) is 8.22. The third kappa shape index (κ3) is 4.38. The molecule has 21 heavy (non-hydrogen) atoms. The highest BCUT2D eigenvalue weighted by Gasteiger charge is 2.26. The molecule has 2 heterocycles. The van der Waals surface area contributed by atoms with Crippen LogP contribution in [0.1, 0.15) is 32.3 Å². The molecule has 5 nitrogen and oxygen atoms in total. The fourth-order valence-corrected chi connectivity index (χ4v) is 2.72. The maximum atomic E-state index is 4.53. The zero-order valence-corrected chi connectivity index (χ0v) is 13.3. The number of aromatic nitrogens is 2. The fraction of sp³-hybridized carbons (Fsp3) is 0.750. The van der Waals surface area contributed by atoms with Gasteiger partial charge in [-0.1, -0.05) is 13.8 Å². The Kier molecular flexibility index (Phi) is 4.70. The van der Waals surface area contributed by atoms with E-state index in [2.05, 4.69) is 38.9 Å². The van der Waals surface area contributed by atoms with Gasteiger partial charge in [0.25, 0.3) is 0 Å². The fourth-order valence-electron chi connectivity index (χ4n) is 2.72. The molecule has 0 amide bonds. The molecule has 0 aromatic carbocycles. The summed E-state index contributed by atoms with van der Waals surface area (Å²) in [5.74, 6) is 1.87. The molecule has 2 aliphatic rings. The quantitative estimate of drug-likeness (QED) is 0.860. The topological polar surface area (TPSA) is 44.3 Å². The Hall–Kier alpha value is -1.20. The van der Waals surface area contributed by atoms with Crippen LogP contribution in [0.4, 0.5) is 5.95 Å². The predicted molar refractivity (Wildman–Crippen MR) is 85.4 cm³/mol. The molecule has 1 N–H and O–H groups in total. The Morgan fingerprint density at radius 3 is 2.38 bits per heavy atom. The molecule has 116 valence electrons. The van der Waals surface area contributed by atoms with Gasteiger partial charge in [-0.3, -0.25) is 4.90 Å². The van der Waals surface area contributed by atoms with E-state index in [0.29, 0.717) is 6.04 Å². The summed E-state index contributed by atoms with van der Waals surface area (Å²) in [4.78, 5) is 14.0. The summed E-state index contributed by atoms with van der Waals surface area (Å²) in [7, 11) is 0. The van der Waals surface area contributed by atoms with Crippen molar-refractivity contribution in [2.24, 2.45) is 5.92 Å². The number of rotatable bonds is 6. The number of nitrogens with one attached hydrogen (secondary N) is 1. The van der Waals surface area contributed by atoms with E-state index in [1.807, 2.05) is 12.4 Å². The number of nitrogens with zero attached hydrogens (tertiary/aromatic N) is 4. The molecule has 1 aromatic heterocycles. The van der Waals surface area contributed by atoms with Crippen LogP contribution >= 0.6 is 0 Å². The van der Waals surface area contributed by atoms with E-state index >= 15 is 0 Å². The Morgan fingerprint density at radius 2 is 1.81 bits per heavy atom. The summed E-state index contributed by atoms with van der Waals surface area (Å²) in [6.45, 7) is 10.8. The van der Waals surface area contributed by atoms with Crippen molar-refractivity contribution in [2.75, 3.05) is 37.6 Å². The average Bonchev–Trinajstić information content (AvgIpc) is 3.30.